The van der Waals surface area contributed by atoms with E-state index in [1.807, 2.05) is 12.1 Å². The Morgan fingerprint density at radius 2 is 2.19 bits per heavy atom. The number of rotatable bonds is 2. The monoisotopic (exact) mass is 348 g/mol. The van der Waals surface area contributed by atoms with Crippen molar-refractivity contribution in [2.24, 2.45) is 11.3 Å². The molecule has 3 nitrogen and oxygen atoms in total. The number of aliphatic hydroxyl groups excluding tert-OH is 1. The summed E-state index contributed by atoms with van der Waals surface area (Å²) in [6.45, 7) is 2.37. The highest BCUT2D eigenvalue weighted by molar-refractivity contribution is 9.11. The van der Waals surface area contributed by atoms with Crippen LogP contribution in [0.25, 0.3) is 0 Å². The Balaban J connectivity index is 1.87. The van der Waals surface area contributed by atoms with Crippen LogP contribution in [0.1, 0.15) is 23.5 Å². The average molecular weight is 349 g/mol. The fourth-order valence-electron chi connectivity index (χ4n) is 4.15. The van der Waals surface area contributed by atoms with E-state index in [1.165, 1.54) is 5.56 Å². The Hall–Kier alpha value is -0.970. The molecule has 110 valence electrons. The first-order valence-corrected chi connectivity index (χ1v) is 8.07. The van der Waals surface area contributed by atoms with Crippen molar-refractivity contribution in [3.05, 3.63) is 46.0 Å². The fraction of sp³-hybridized carbons (Fsp3) is 0.471. The first kappa shape index (κ1) is 13.7. The number of carbonyl (C=O) groups excluding carboxylic acids is 1. The quantitative estimate of drug-likeness (QED) is 0.836. The van der Waals surface area contributed by atoms with Crippen molar-refractivity contribution in [1.29, 1.82) is 0 Å². The number of carbonyl (C=O) groups is 1. The Labute approximate surface area is 132 Å². The number of aliphatic hydroxyl groups is 1. The van der Waals surface area contributed by atoms with Crippen LogP contribution in [0.15, 0.2) is 34.8 Å². The average Bonchev–Trinajstić information content (AvgIpc) is 3.25. The molecule has 1 aliphatic heterocycles. The highest BCUT2D eigenvalue weighted by atomic mass is 79.9. The summed E-state index contributed by atoms with van der Waals surface area (Å²) in [6.07, 6.45) is 2.77. The highest BCUT2D eigenvalue weighted by Gasteiger charge is 2.71. The van der Waals surface area contributed by atoms with Crippen LogP contribution < -0.4 is 0 Å². The largest absolute Gasteiger partial charge is 0.395 e. The number of aryl methyl sites for hydroxylation is 1. The van der Waals surface area contributed by atoms with Crippen molar-refractivity contribution in [3.63, 3.8) is 0 Å². The lowest BCUT2D eigenvalue weighted by atomic mass is 9.53. The van der Waals surface area contributed by atoms with Crippen LogP contribution in [-0.2, 0) is 9.53 Å². The van der Waals surface area contributed by atoms with E-state index in [4.69, 9.17) is 4.74 Å². The molecule has 3 unspecified atom stereocenters. The van der Waals surface area contributed by atoms with Crippen molar-refractivity contribution in [3.8, 4) is 0 Å². The van der Waals surface area contributed by atoms with E-state index in [1.54, 1.807) is 0 Å². The summed E-state index contributed by atoms with van der Waals surface area (Å²) in [6, 6.07) is 8.25. The zero-order valence-corrected chi connectivity index (χ0v) is 13.4. The van der Waals surface area contributed by atoms with Gasteiger partial charge in [0.25, 0.3) is 0 Å². The molecule has 1 saturated heterocycles. The predicted octanol–water partition coefficient (Wildman–Crippen LogP) is 2.71. The number of benzene rings is 1. The lowest BCUT2D eigenvalue weighted by Gasteiger charge is -2.50. The van der Waals surface area contributed by atoms with E-state index in [2.05, 4.69) is 41.1 Å². The van der Waals surface area contributed by atoms with Crippen LogP contribution in [0.3, 0.4) is 0 Å². The van der Waals surface area contributed by atoms with Crippen molar-refractivity contribution in [1.82, 2.24) is 0 Å². The number of ketones is 1. The van der Waals surface area contributed by atoms with Gasteiger partial charge in [0.05, 0.1) is 18.6 Å². The Morgan fingerprint density at radius 3 is 2.81 bits per heavy atom. The molecule has 4 atom stereocenters. The molecule has 4 aliphatic rings. The molecule has 2 fully saturated rings. The van der Waals surface area contributed by atoms with Crippen LogP contribution >= 0.6 is 15.9 Å². The molecular formula is C17H17BrO3. The minimum atomic E-state index is -0.849. The predicted molar refractivity (Wildman–Crippen MR) is 82.2 cm³/mol. The minimum Gasteiger partial charge on any atom is -0.395 e. The summed E-state index contributed by atoms with van der Waals surface area (Å²) in [5.41, 5.74) is 0.790. The number of epoxide rings is 1. The third-order valence-corrected chi connectivity index (χ3v) is 6.13. The van der Waals surface area contributed by atoms with Gasteiger partial charge < -0.3 is 9.84 Å². The molecule has 1 N–H and O–H groups in total. The number of halogens is 1. The number of Topliss-reactive ketones (excluding diaryl/α,β-unsaturated/α-hetero) is 1. The number of hydrogen-bond donors (Lipinski definition) is 1. The van der Waals surface area contributed by atoms with Gasteiger partial charge in [-0.25, -0.2) is 0 Å². The lowest BCUT2D eigenvalue weighted by molar-refractivity contribution is -0.142. The molecule has 2 bridgehead atoms. The van der Waals surface area contributed by atoms with Gasteiger partial charge in [0.15, 0.2) is 11.4 Å². The van der Waals surface area contributed by atoms with Crippen molar-refractivity contribution in [2.75, 3.05) is 13.2 Å². The van der Waals surface area contributed by atoms with Gasteiger partial charge in [-0.2, -0.15) is 0 Å². The van der Waals surface area contributed by atoms with Gasteiger partial charge in [-0.15, -0.1) is 0 Å². The minimum absolute atomic E-state index is 0.0241. The molecule has 5 rings (SSSR count). The normalized spacial score (nSPS) is 40.5. The van der Waals surface area contributed by atoms with Crippen molar-refractivity contribution in [2.45, 2.75) is 24.9 Å². The molecule has 1 spiro atoms. The number of hydrogen-bond acceptors (Lipinski definition) is 3. The maximum Gasteiger partial charge on any atom is 0.180 e. The zero-order chi connectivity index (χ0) is 14.8. The van der Waals surface area contributed by atoms with Crippen LogP contribution in [0.4, 0.5) is 0 Å². The molecular weight excluding hydrogens is 332 g/mol. The third kappa shape index (κ3) is 1.64. The van der Waals surface area contributed by atoms with Crippen LogP contribution in [0.2, 0.25) is 0 Å². The van der Waals surface area contributed by atoms with E-state index in [0.717, 1.165) is 16.5 Å². The van der Waals surface area contributed by atoms with E-state index in [-0.39, 0.29) is 24.2 Å². The molecule has 0 amide bonds. The Kier molecular flexibility index (Phi) is 2.79. The molecule has 1 saturated carbocycles. The molecule has 4 heteroatoms. The lowest BCUT2D eigenvalue weighted by Crippen LogP contribution is -2.58. The van der Waals surface area contributed by atoms with E-state index in [0.29, 0.717) is 6.61 Å². The first-order chi connectivity index (χ1) is 10.0. The van der Waals surface area contributed by atoms with Gasteiger partial charge >= 0.3 is 0 Å². The smallest absolute Gasteiger partial charge is 0.180 e. The van der Waals surface area contributed by atoms with E-state index in [9.17, 15) is 9.90 Å². The van der Waals surface area contributed by atoms with Gasteiger partial charge in [-0.3, -0.25) is 4.79 Å². The molecule has 0 aromatic heterocycles. The molecule has 0 radical (unpaired) electrons. The number of fused-ring (bicyclic) bond motifs is 1. The highest BCUT2D eigenvalue weighted by Crippen LogP contribution is 2.63. The van der Waals surface area contributed by atoms with Gasteiger partial charge in [0.1, 0.15) is 0 Å². The summed E-state index contributed by atoms with van der Waals surface area (Å²) in [4.78, 5) is 13.0. The van der Waals surface area contributed by atoms with Gasteiger partial charge in [0, 0.05) is 11.8 Å². The van der Waals surface area contributed by atoms with Gasteiger partial charge in [0.2, 0.25) is 0 Å². The molecule has 1 heterocycles. The van der Waals surface area contributed by atoms with Crippen LogP contribution in [-0.4, -0.2) is 29.7 Å². The Morgan fingerprint density at radius 1 is 1.43 bits per heavy atom. The van der Waals surface area contributed by atoms with E-state index >= 15 is 0 Å². The SMILES string of the molecule is Cc1cccc(C2CC3C(Br)=CC2(CO)C(=O)[C@]32CO2)c1. The Bertz CT molecular complexity index is 662. The second-order valence-electron chi connectivity index (χ2n) is 6.49. The summed E-state index contributed by atoms with van der Waals surface area (Å²) in [5, 5.41) is 10.1. The fourth-order valence-corrected chi connectivity index (χ4v) is 5.12. The first-order valence-electron chi connectivity index (χ1n) is 7.28. The van der Waals surface area contributed by atoms with Gasteiger partial charge in [-0.1, -0.05) is 51.8 Å². The maximum atomic E-state index is 13.0. The summed E-state index contributed by atoms with van der Waals surface area (Å²) in [7, 11) is 0. The van der Waals surface area contributed by atoms with E-state index < -0.39 is 11.0 Å². The standard InChI is InChI=1S/C17H17BrO3/c1-10-3-2-4-11(5-10)12-6-13-14(18)7-16(12,8-19)15(20)17(13)9-21-17/h2-5,7,12-13,19H,6,8-9H2,1H3/t12?,13?,16?,17-/m0/s1. The van der Waals surface area contributed by atoms with Crippen LogP contribution in [0.5, 0.6) is 0 Å². The second kappa shape index (κ2) is 4.28. The molecule has 1 aromatic rings. The maximum absolute atomic E-state index is 13.0. The van der Waals surface area contributed by atoms with Crippen molar-refractivity contribution < 1.29 is 14.6 Å². The second-order valence-corrected chi connectivity index (χ2v) is 7.41. The summed E-state index contributed by atoms with van der Waals surface area (Å²) in [5.74, 6) is 0.170. The van der Waals surface area contributed by atoms with Crippen LogP contribution in [0, 0.1) is 18.3 Å². The molecule has 3 aliphatic carbocycles. The summed E-state index contributed by atoms with van der Waals surface area (Å²) < 4.78 is 6.57. The zero-order valence-electron chi connectivity index (χ0n) is 11.8. The number of ether oxygens (including phenoxy) is 1. The summed E-state index contributed by atoms with van der Waals surface area (Å²) >= 11 is 3.60. The molecule has 1 aromatic carbocycles. The van der Waals surface area contributed by atoms with Gasteiger partial charge in [-0.05, 0) is 23.4 Å². The van der Waals surface area contributed by atoms with Crippen molar-refractivity contribution >= 4 is 21.7 Å². The third-order valence-electron chi connectivity index (χ3n) is 5.35. The topological polar surface area (TPSA) is 49.8 Å². The molecule has 21 heavy (non-hydrogen) atoms.